The first-order valence-corrected chi connectivity index (χ1v) is 6.94. The summed E-state index contributed by atoms with van der Waals surface area (Å²) in [5, 5.41) is 4.61. The quantitative estimate of drug-likeness (QED) is 0.857. The second-order valence-corrected chi connectivity index (χ2v) is 5.60. The third-order valence-corrected chi connectivity index (χ3v) is 3.30. The number of hydrogen-bond donors (Lipinski definition) is 1. The fourth-order valence-corrected chi connectivity index (χ4v) is 2.26. The Bertz CT molecular complexity index is 388. The summed E-state index contributed by atoms with van der Waals surface area (Å²) in [5.41, 5.74) is 0. The maximum absolute atomic E-state index is 11.7. The highest BCUT2D eigenvalue weighted by atomic mass is 32.1. The van der Waals surface area contributed by atoms with Crippen LogP contribution in [0, 0.1) is 5.92 Å². The van der Waals surface area contributed by atoms with Crippen LogP contribution in [0.25, 0.3) is 0 Å². The first kappa shape index (κ1) is 14.7. The standard InChI is InChI=1S/C13H20N2O2S/c1-10(2)9-15(3)12(16)6-7-14-13(17)11-5-4-8-18-11/h4-5,8,10H,6-7,9H2,1-3H3,(H,14,17). The number of carbonyl (C=O) groups excluding carboxylic acids is 2. The van der Waals surface area contributed by atoms with Gasteiger partial charge in [-0.2, -0.15) is 0 Å². The first-order valence-electron chi connectivity index (χ1n) is 6.06. The highest BCUT2D eigenvalue weighted by Crippen LogP contribution is 2.07. The Kier molecular flexibility index (Phi) is 5.85. The molecule has 1 aromatic rings. The van der Waals surface area contributed by atoms with Gasteiger partial charge in [-0.15, -0.1) is 11.3 Å². The average Bonchev–Trinajstić information content (AvgIpc) is 2.81. The third kappa shape index (κ3) is 4.87. The molecule has 1 rings (SSSR count). The normalized spacial score (nSPS) is 10.4. The first-order chi connectivity index (χ1) is 8.50. The van der Waals surface area contributed by atoms with Crippen molar-refractivity contribution in [1.82, 2.24) is 10.2 Å². The van der Waals surface area contributed by atoms with Crippen molar-refractivity contribution in [3.05, 3.63) is 22.4 Å². The molecule has 0 saturated carbocycles. The monoisotopic (exact) mass is 268 g/mol. The van der Waals surface area contributed by atoms with Crippen LogP contribution < -0.4 is 5.32 Å². The minimum absolute atomic E-state index is 0.0650. The summed E-state index contributed by atoms with van der Waals surface area (Å²) in [7, 11) is 1.80. The molecule has 0 atom stereocenters. The van der Waals surface area contributed by atoms with E-state index < -0.39 is 0 Å². The Balaban J connectivity index is 2.25. The highest BCUT2D eigenvalue weighted by Gasteiger charge is 2.11. The molecule has 0 radical (unpaired) electrons. The molecule has 100 valence electrons. The van der Waals surface area contributed by atoms with E-state index in [-0.39, 0.29) is 11.8 Å². The van der Waals surface area contributed by atoms with E-state index in [9.17, 15) is 9.59 Å². The van der Waals surface area contributed by atoms with E-state index >= 15 is 0 Å². The fourth-order valence-electron chi connectivity index (χ4n) is 1.62. The SMILES string of the molecule is CC(C)CN(C)C(=O)CCNC(=O)c1cccs1. The zero-order valence-electron chi connectivity index (χ0n) is 11.1. The molecular formula is C13H20N2O2S. The largest absolute Gasteiger partial charge is 0.351 e. The molecule has 1 N–H and O–H groups in total. The topological polar surface area (TPSA) is 49.4 Å². The van der Waals surface area contributed by atoms with Crippen LogP contribution in [-0.2, 0) is 4.79 Å². The Morgan fingerprint density at radius 2 is 2.17 bits per heavy atom. The van der Waals surface area contributed by atoms with Gasteiger partial charge in [0.15, 0.2) is 0 Å². The van der Waals surface area contributed by atoms with Crippen molar-refractivity contribution in [2.45, 2.75) is 20.3 Å². The molecule has 0 aliphatic carbocycles. The number of nitrogens with zero attached hydrogens (tertiary/aromatic N) is 1. The summed E-state index contributed by atoms with van der Waals surface area (Å²) in [6, 6.07) is 3.61. The minimum atomic E-state index is -0.107. The number of hydrogen-bond acceptors (Lipinski definition) is 3. The molecule has 0 aromatic carbocycles. The molecular weight excluding hydrogens is 248 g/mol. The number of carbonyl (C=O) groups is 2. The fraction of sp³-hybridized carbons (Fsp3) is 0.538. The predicted molar refractivity (Wildman–Crippen MR) is 73.7 cm³/mol. The molecule has 2 amide bonds. The molecule has 1 aromatic heterocycles. The number of rotatable bonds is 6. The van der Waals surface area contributed by atoms with E-state index in [2.05, 4.69) is 19.2 Å². The van der Waals surface area contributed by atoms with E-state index in [1.165, 1.54) is 11.3 Å². The van der Waals surface area contributed by atoms with E-state index in [0.29, 0.717) is 23.8 Å². The van der Waals surface area contributed by atoms with Crippen molar-refractivity contribution >= 4 is 23.2 Å². The Morgan fingerprint density at radius 1 is 1.44 bits per heavy atom. The van der Waals surface area contributed by atoms with Crippen LogP contribution in [0.4, 0.5) is 0 Å². The lowest BCUT2D eigenvalue weighted by atomic mass is 10.2. The molecule has 5 heteroatoms. The molecule has 0 spiro atoms. The van der Waals surface area contributed by atoms with Crippen LogP contribution in [0.3, 0.4) is 0 Å². The second kappa shape index (κ2) is 7.16. The van der Waals surface area contributed by atoms with Crippen molar-refractivity contribution in [3.63, 3.8) is 0 Å². The van der Waals surface area contributed by atoms with Gasteiger partial charge in [-0.25, -0.2) is 0 Å². The van der Waals surface area contributed by atoms with Crippen LogP contribution in [0.5, 0.6) is 0 Å². The lowest BCUT2D eigenvalue weighted by molar-refractivity contribution is -0.130. The predicted octanol–water partition coefficient (Wildman–Crippen LogP) is 1.98. The molecule has 0 bridgehead atoms. The smallest absolute Gasteiger partial charge is 0.261 e. The van der Waals surface area contributed by atoms with Gasteiger partial charge in [-0.05, 0) is 17.4 Å². The summed E-state index contributed by atoms with van der Waals surface area (Å²) < 4.78 is 0. The maximum Gasteiger partial charge on any atom is 0.261 e. The van der Waals surface area contributed by atoms with E-state index in [1.807, 2.05) is 11.4 Å². The Labute approximate surface area is 112 Å². The number of thiophene rings is 1. The Morgan fingerprint density at radius 3 is 2.72 bits per heavy atom. The van der Waals surface area contributed by atoms with Crippen LogP contribution >= 0.6 is 11.3 Å². The third-order valence-electron chi connectivity index (χ3n) is 2.43. The van der Waals surface area contributed by atoms with Crippen molar-refractivity contribution in [1.29, 1.82) is 0 Å². The molecule has 0 saturated heterocycles. The zero-order chi connectivity index (χ0) is 13.5. The van der Waals surface area contributed by atoms with Gasteiger partial charge in [0.2, 0.25) is 5.91 Å². The van der Waals surface area contributed by atoms with Gasteiger partial charge in [0.1, 0.15) is 0 Å². The molecule has 0 unspecified atom stereocenters. The van der Waals surface area contributed by atoms with Gasteiger partial charge in [0, 0.05) is 26.6 Å². The van der Waals surface area contributed by atoms with Gasteiger partial charge in [-0.1, -0.05) is 19.9 Å². The van der Waals surface area contributed by atoms with Gasteiger partial charge in [0.25, 0.3) is 5.91 Å². The van der Waals surface area contributed by atoms with Crippen LogP contribution in [0.1, 0.15) is 29.9 Å². The van der Waals surface area contributed by atoms with E-state index in [0.717, 1.165) is 6.54 Å². The zero-order valence-corrected chi connectivity index (χ0v) is 11.9. The van der Waals surface area contributed by atoms with Crippen LogP contribution in [0.15, 0.2) is 17.5 Å². The molecule has 1 heterocycles. The molecule has 18 heavy (non-hydrogen) atoms. The Hall–Kier alpha value is -1.36. The molecule has 4 nitrogen and oxygen atoms in total. The summed E-state index contributed by atoms with van der Waals surface area (Å²) in [6.45, 7) is 5.28. The van der Waals surface area contributed by atoms with E-state index in [4.69, 9.17) is 0 Å². The molecule has 0 aliphatic heterocycles. The summed E-state index contributed by atoms with van der Waals surface area (Å²) in [5.74, 6) is 0.416. The van der Waals surface area contributed by atoms with Gasteiger partial charge in [-0.3, -0.25) is 9.59 Å². The van der Waals surface area contributed by atoms with Crippen molar-refractivity contribution < 1.29 is 9.59 Å². The average molecular weight is 268 g/mol. The number of amides is 2. The maximum atomic E-state index is 11.7. The second-order valence-electron chi connectivity index (χ2n) is 4.65. The summed E-state index contributed by atoms with van der Waals surface area (Å²) >= 11 is 1.40. The number of nitrogens with one attached hydrogen (secondary N) is 1. The van der Waals surface area contributed by atoms with Crippen LogP contribution in [0.2, 0.25) is 0 Å². The lowest BCUT2D eigenvalue weighted by Gasteiger charge is -2.19. The van der Waals surface area contributed by atoms with E-state index in [1.54, 1.807) is 18.0 Å². The van der Waals surface area contributed by atoms with Crippen molar-refractivity contribution in [2.75, 3.05) is 20.1 Å². The van der Waals surface area contributed by atoms with Gasteiger partial charge < -0.3 is 10.2 Å². The minimum Gasteiger partial charge on any atom is -0.351 e. The lowest BCUT2D eigenvalue weighted by Crippen LogP contribution is -2.33. The van der Waals surface area contributed by atoms with Crippen molar-refractivity contribution in [2.24, 2.45) is 5.92 Å². The summed E-state index contributed by atoms with van der Waals surface area (Å²) in [6.07, 6.45) is 0.348. The van der Waals surface area contributed by atoms with Crippen molar-refractivity contribution in [3.8, 4) is 0 Å². The van der Waals surface area contributed by atoms with Crippen LogP contribution in [-0.4, -0.2) is 36.9 Å². The molecule has 0 fully saturated rings. The highest BCUT2D eigenvalue weighted by molar-refractivity contribution is 7.12. The molecule has 0 aliphatic rings. The van der Waals surface area contributed by atoms with Gasteiger partial charge >= 0.3 is 0 Å². The van der Waals surface area contributed by atoms with Gasteiger partial charge in [0.05, 0.1) is 4.88 Å². The summed E-state index contributed by atoms with van der Waals surface area (Å²) in [4.78, 5) is 25.7.